The molecule has 70 valence electrons. The highest BCUT2D eigenvalue weighted by atomic mass is 16.2. The van der Waals surface area contributed by atoms with E-state index in [0.29, 0.717) is 0 Å². The summed E-state index contributed by atoms with van der Waals surface area (Å²) in [6.45, 7) is 2.22. The van der Waals surface area contributed by atoms with Crippen LogP contribution < -0.4 is 0 Å². The third-order valence-electron chi connectivity index (χ3n) is 1.77. The predicted molar refractivity (Wildman–Crippen MR) is 54.3 cm³/mol. The maximum absolute atomic E-state index is 8.32. The van der Waals surface area contributed by atoms with Gasteiger partial charge >= 0.3 is 0 Å². The van der Waals surface area contributed by atoms with Gasteiger partial charge in [-0.15, -0.1) is 0 Å². The largest absolute Gasteiger partial charge is 0.516 e. The smallest absolute Gasteiger partial charge is 0.0754 e. The Morgan fingerprint density at radius 2 is 1.83 bits per heavy atom. The first kappa shape index (κ1) is 11.3. The van der Waals surface area contributed by atoms with Gasteiger partial charge in [0.1, 0.15) is 0 Å². The first-order valence-electron chi connectivity index (χ1n) is 4.86. The summed E-state index contributed by atoms with van der Waals surface area (Å²) in [5.41, 5.74) is 0. The quantitative estimate of drug-likeness (QED) is 0.346. The van der Waals surface area contributed by atoms with Gasteiger partial charge in [-0.1, -0.05) is 38.3 Å². The molecule has 0 atom stereocenters. The second-order valence-electron chi connectivity index (χ2n) is 2.94. The Bertz CT molecular complexity index is 125. The molecule has 0 aliphatic heterocycles. The SMILES string of the molecule is CCCCCCC=CCC=CO. The second-order valence-corrected chi connectivity index (χ2v) is 2.94. The van der Waals surface area contributed by atoms with E-state index in [2.05, 4.69) is 19.1 Å². The van der Waals surface area contributed by atoms with Gasteiger partial charge in [0.25, 0.3) is 0 Å². The Labute approximate surface area is 75.8 Å². The number of unbranched alkanes of at least 4 members (excludes halogenated alkanes) is 4. The standard InChI is InChI=1S/C11H20O/c1-2-3-4-5-6-7-8-9-10-11-12/h7-8,10-12H,2-6,9H2,1H3. The fraction of sp³-hybridized carbons (Fsp3) is 0.636. The summed E-state index contributed by atoms with van der Waals surface area (Å²) >= 11 is 0. The van der Waals surface area contributed by atoms with E-state index in [1.165, 1.54) is 32.1 Å². The fourth-order valence-electron chi connectivity index (χ4n) is 1.04. The molecule has 0 unspecified atom stereocenters. The molecule has 0 rings (SSSR count). The lowest BCUT2D eigenvalue weighted by atomic mass is 10.1. The van der Waals surface area contributed by atoms with Crippen LogP contribution in [0.1, 0.15) is 45.4 Å². The van der Waals surface area contributed by atoms with Crippen molar-refractivity contribution in [2.45, 2.75) is 45.4 Å². The monoisotopic (exact) mass is 168 g/mol. The maximum atomic E-state index is 8.32. The van der Waals surface area contributed by atoms with Gasteiger partial charge in [-0.05, 0) is 25.3 Å². The lowest BCUT2D eigenvalue weighted by molar-refractivity contribution is 0.471. The molecular weight excluding hydrogens is 148 g/mol. The van der Waals surface area contributed by atoms with E-state index < -0.39 is 0 Å². The van der Waals surface area contributed by atoms with E-state index in [9.17, 15) is 0 Å². The number of aliphatic hydroxyl groups is 1. The minimum atomic E-state index is 0.851. The zero-order chi connectivity index (χ0) is 9.07. The van der Waals surface area contributed by atoms with E-state index in [1.54, 1.807) is 6.08 Å². The van der Waals surface area contributed by atoms with Gasteiger partial charge in [0.2, 0.25) is 0 Å². The van der Waals surface area contributed by atoms with Gasteiger partial charge in [-0.25, -0.2) is 0 Å². The molecule has 0 aliphatic carbocycles. The molecule has 0 aromatic carbocycles. The minimum absolute atomic E-state index is 0.851. The van der Waals surface area contributed by atoms with E-state index in [-0.39, 0.29) is 0 Å². The van der Waals surface area contributed by atoms with Gasteiger partial charge in [0.05, 0.1) is 6.26 Å². The van der Waals surface area contributed by atoms with E-state index in [1.807, 2.05) is 0 Å². The topological polar surface area (TPSA) is 20.2 Å². The molecule has 0 saturated carbocycles. The van der Waals surface area contributed by atoms with Crippen LogP contribution in [0.15, 0.2) is 24.5 Å². The molecule has 0 aliphatic rings. The number of rotatable bonds is 7. The molecule has 0 spiro atoms. The Morgan fingerprint density at radius 1 is 1.00 bits per heavy atom. The molecule has 0 aromatic rings. The van der Waals surface area contributed by atoms with Crippen molar-refractivity contribution in [1.29, 1.82) is 0 Å². The molecular formula is C11H20O. The molecule has 1 heteroatoms. The van der Waals surface area contributed by atoms with Crippen molar-refractivity contribution in [3.05, 3.63) is 24.5 Å². The maximum Gasteiger partial charge on any atom is 0.0754 e. The zero-order valence-corrected chi connectivity index (χ0v) is 8.00. The van der Waals surface area contributed by atoms with Crippen LogP contribution in [-0.4, -0.2) is 5.11 Å². The summed E-state index contributed by atoms with van der Waals surface area (Å²) in [5, 5.41) is 8.32. The first-order valence-corrected chi connectivity index (χ1v) is 4.86. The first-order chi connectivity index (χ1) is 5.91. The van der Waals surface area contributed by atoms with E-state index >= 15 is 0 Å². The van der Waals surface area contributed by atoms with Crippen LogP contribution in [-0.2, 0) is 0 Å². The fourth-order valence-corrected chi connectivity index (χ4v) is 1.04. The van der Waals surface area contributed by atoms with Crippen LogP contribution in [0.25, 0.3) is 0 Å². The van der Waals surface area contributed by atoms with Crippen molar-refractivity contribution < 1.29 is 5.11 Å². The summed E-state index contributed by atoms with van der Waals surface area (Å²) in [4.78, 5) is 0. The van der Waals surface area contributed by atoms with Gasteiger partial charge in [-0.3, -0.25) is 0 Å². The summed E-state index contributed by atoms with van der Waals surface area (Å²) in [6.07, 6.45) is 14.5. The number of allylic oxidation sites excluding steroid dienone is 3. The highest BCUT2D eigenvalue weighted by molar-refractivity contribution is 4.89. The molecule has 12 heavy (non-hydrogen) atoms. The minimum Gasteiger partial charge on any atom is -0.516 e. The third kappa shape index (κ3) is 9.28. The number of aliphatic hydroxyl groups excluding tert-OH is 1. The Morgan fingerprint density at radius 3 is 2.50 bits per heavy atom. The Hall–Kier alpha value is -0.720. The molecule has 0 fully saturated rings. The molecule has 0 amide bonds. The van der Waals surface area contributed by atoms with Crippen molar-refractivity contribution in [2.24, 2.45) is 0 Å². The van der Waals surface area contributed by atoms with E-state index in [0.717, 1.165) is 12.7 Å². The highest BCUT2D eigenvalue weighted by Crippen LogP contribution is 2.03. The molecule has 0 aromatic heterocycles. The van der Waals surface area contributed by atoms with Crippen molar-refractivity contribution in [3.63, 3.8) is 0 Å². The summed E-state index contributed by atoms with van der Waals surface area (Å²) < 4.78 is 0. The second kappa shape index (κ2) is 10.3. The molecule has 0 radical (unpaired) electrons. The Balaban J connectivity index is 3.02. The van der Waals surface area contributed by atoms with Crippen LogP contribution >= 0.6 is 0 Å². The normalized spacial score (nSPS) is 11.8. The Kier molecular flexibility index (Phi) is 9.66. The van der Waals surface area contributed by atoms with Crippen molar-refractivity contribution in [3.8, 4) is 0 Å². The lowest BCUT2D eigenvalue weighted by Crippen LogP contribution is -1.73. The van der Waals surface area contributed by atoms with Crippen LogP contribution in [0.4, 0.5) is 0 Å². The predicted octanol–water partition coefficient (Wildman–Crippen LogP) is 3.97. The van der Waals surface area contributed by atoms with Crippen LogP contribution in [0.2, 0.25) is 0 Å². The summed E-state index contributed by atoms with van der Waals surface area (Å²) in [5.74, 6) is 0. The number of hydrogen-bond donors (Lipinski definition) is 1. The molecule has 1 N–H and O–H groups in total. The average molecular weight is 168 g/mol. The van der Waals surface area contributed by atoms with Crippen LogP contribution in [0.3, 0.4) is 0 Å². The van der Waals surface area contributed by atoms with Crippen molar-refractivity contribution in [2.75, 3.05) is 0 Å². The molecule has 0 saturated heterocycles. The zero-order valence-electron chi connectivity index (χ0n) is 8.00. The molecule has 0 bridgehead atoms. The van der Waals surface area contributed by atoms with Crippen molar-refractivity contribution >= 4 is 0 Å². The number of hydrogen-bond acceptors (Lipinski definition) is 1. The van der Waals surface area contributed by atoms with Gasteiger partial charge < -0.3 is 5.11 Å². The lowest BCUT2D eigenvalue weighted by Gasteiger charge is -1.93. The highest BCUT2D eigenvalue weighted by Gasteiger charge is 1.83. The average Bonchev–Trinajstić information content (AvgIpc) is 2.10. The molecule has 0 heterocycles. The van der Waals surface area contributed by atoms with Gasteiger partial charge in [0.15, 0.2) is 0 Å². The van der Waals surface area contributed by atoms with E-state index in [4.69, 9.17) is 5.11 Å². The van der Waals surface area contributed by atoms with Crippen molar-refractivity contribution in [1.82, 2.24) is 0 Å². The third-order valence-corrected chi connectivity index (χ3v) is 1.77. The summed E-state index contributed by atoms with van der Waals surface area (Å²) in [6, 6.07) is 0. The van der Waals surface area contributed by atoms with Crippen LogP contribution in [0, 0.1) is 0 Å². The van der Waals surface area contributed by atoms with Gasteiger partial charge in [0, 0.05) is 0 Å². The summed E-state index contributed by atoms with van der Waals surface area (Å²) in [7, 11) is 0. The van der Waals surface area contributed by atoms with Gasteiger partial charge in [-0.2, -0.15) is 0 Å². The molecule has 1 nitrogen and oxygen atoms in total. The van der Waals surface area contributed by atoms with Crippen LogP contribution in [0.5, 0.6) is 0 Å².